The largest absolute Gasteiger partial charge is 1.00 e. The Labute approximate surface area is 153 Å². The van der Waals surface area contributed by atoms with Crippen LogP contribution in [0.25, 0.3) is 0 Å². The zero-order valence-corrected chi connectivity index (χ0v) is 15.2. The van der Waals surface area contributed by atoms with Crippen LogP contribution in [0.15, 0.2) is 60.9 Å². The molecule has 3 saturated carbocycles. The van der Waals surface area contributed by atoms with E-state index in [2.05, 4.69) is 41.2 Å². The highest BCUT2D eigenvalue weighted by molar-refractivity contribution is 5.85. The third-order valence-electron chi connectivity index (χ3n) is 4.93. The van der Waals surface area contributed by atoms with Gasteiger partial charge in [0.1, 0.15) is 0 Å². The Morgan fingerprint density at radius 1 is 0.696 bits per heavy atom. The molecule has 1 nitrogen and oxygen atoms in total. The molecule has 3 fully saturated rings. The van der Waals surface area contributed by atoms with Crippen molar-refractivity contribution in [2.24, 2.45) is 11.8 Å². The number of aromatic nitrogens is 1. The van der Waals surface area contributed by atoms with E-state index in [1.807, 2.05) is 24.3 Å². The van der Waals surface area contributed by atoms with Crippen LogP contribution < -0.4 is 17.0 Å². The molecular formula is C20H27Cl2N. The summed E-state index contributed by atoms with van der Waals surface area (Å²) in [5.41, 5.74) is 1.33. The Morgan fingerprint density at radius 3 is 1.57 bits per heavy atom. The molecule has 126 valence electrons. The second-order valence-electron chi connectivity index (χ2n) is 6.50. The van der Waals surface area contributed by atoms with E-state index in [1.165, 1.54) is 5.56 Å². The second kappa shape index (κ2) is 10.7. The summed E-state index contributed by atoms with van der Waals surface area (Å²) >= 11 is 0. The van der Waals surface area contributed by atoms with E-state index in [0.717, 1.165) is 18.4 Å². The summed E-state index contributed by atoms with van der Waals surface area (Å²) in [6.45, 7) is 0.946. The molecule has 0 N–H and O–H groups in total. The lowest BCUT2D eigenvalue weighted by Gasteiger charge is -2.35. The number of halogens is 2. The molecule has 2 bridgehead atoms. The van der Waals surface area contributed by atoms with E-state index in [-0.39, 0.29) is 24.8 Å². The third kappa shape index (κ3) is 6.53. The van der Waals surface area contributed by atoms with Gasteiger partial charge in [0.05, 0.1) is 0 Å². The van der Waals surface area contributed by atoms with Crippen LogP contribution in [0.1, 0.15) is 44.1 Å². The summed E-state index contributed by atoms with van der Waals surface area (Å²) in [6, 6.07) is 16.6. The van der Waals surface area contributed by atoms with Crippen LogP contribution in [0.2, 0.25) is 0 Å². The topological polar surface area (TPSA) is 3.88 Å². The number of fused-ring (bicyclic) bond motifs is 3. The highest BCUT2D eigenvalue weighted by Gasteiger charge is 2.26. The van der Waals surface area contributed by atoms with Crippen molar-refractivity contribution in [1.29, 1.82) is 0 Å². The Balaban J connectivity index is 0.000000230. The fourth-order valence-electron chi connectivity index (χ4n) is 3.61. The van der Waals surface area contributed by atoms with E-state index >= 15 is 0 Å². The zero-order valence-electron chi connectivity index (χ0n) is 13.6. The number of hydrogen-bond donors (Lipinski definition) is 0. The van der Waals surface area contributed by atoms with Gasteiger partial charge in [0.2, 0.25) is 0 Å². The lowest BCUT2D eigenvalue weighted by Crippen LogP contribution is -3.00. The normalized spacial score (nSPS) is 21.2. The molecule has 5 rings (SSSR count). The van der Waals surface area contributed by atoms with E-state index in [9.17, 15) is 0 Å². The van der Waals surface area contributed by atoms with Gasteiger partial charge in [-0.2, -0.15) is 0 Å². The number of nitrogens with zero attached hydrogens (tertiary/aromatic N) is 1. The smallest absolute Gasteiger partial charge is 0.173 e. The van der Waals surface area contributed by atoms with Gasteiger partial charge in [-0.1, -0.05) is 74.9 Å². The van der Waals surface area contributed by atoms with Crippen molar-refractivity contribution in [1.82, 2.24) is 0 Å². The minimum atomic E-state index is 0. The molecule has 0 atom stereocenters. The van der Waals surface area contributed by atoms with Gasteiger partial charge in [-0.25, -0.2) is 4.57 Å². The minimum Gasteiger partial charge on any atom is -1.00 e. The number of hydrogen-bond acceptors (Lipinski definition) is 0. The summed E-state index contributed by atoms with van der Waals surface area (Å²) < 4.78 is 2.16. The first-order valence-electron chi connectivity index (χ1n) is 8.38. The van der Waals surface area contributed by atoms with Gasteiger partial charge < -0.3 is 12.4 Å². The maximum absolute atomic E-state index is 2.16. The molecule has 1 aromatic heterocycles. The summed E-state index contributed by atoms with van der Waals surface area (Å²) in [6.07, 6.45) is 13.5. The summed E-state index contributed by atoms with van der Waals surface area (Å²) in [4.78, 5) is 0. The molecule has 1 heterocycles. The van der Waals surface area contributed by atoms with Gasteiger partial charge >= 0.3 is 0 Å². The Hall–Kier alpha value is -1.05. The Kier molecular flexibility index (Phi) is 9.28. The molecule has 0 spiro atoms. The van der Waals surface area contributed by atoms with E-state index in [0.29, 0.717) is 0 Å². The van der Waals surface area contributed by atoms with E-state index in [4.69, 9.17) is 0 Å². The van der Waals surface area contributed by atoms with Crippen molar-refractivity contribution in [2.75, 3.05) is 0 Å². The predicted octanol–water partition coefficient (Wildman–Crippen LogP) is 2.03. The van der Waals surface area contributed by atoms with Crippen LogP contribution in [-0.4, -0.2) is 0 Å². The van der Waals surface area contributed by atoms with Crippen molar-refractivity contribution in [3.8, 4) is 0 Å². The molecular weight excluding hydrogens is 325 g/mol. The lowest BCUT2D eigenvalue weighted by atomic mass is 9.71. The Morgan fingerprint density at radius 2 is 1.13 bits per heavy atom. The third-order valence-corrected chi connectivity index (χ3v) is 4.93. The second-order valence-corrected chi connectivity index (χ2v) is 6.50. The number of rotatable bonds is 2. The van der Waals surface area contributed by atoms with Crippen molar-refractivity contribution in [3.63, 3.8) is 0 Å². The van der Waals surface area contributed by atoms with Gasteiger partial charge in [0.15, 0.2) is 18.9 Å². The molecule has 3 heteroatoms. The molecule has 2 aromatic rings. The minimum absolute atomic E-state index is 0. The molecule has 0 aliphatic heterocycles. The first-order valence-corrected chi connectivity index (χ1v) is 8.38. The molecule has 0 unspecified atom stereocenters. The van der Waals surface area contributed by atoms with Crippen LogP contribution in [0, 0.1) is 11.8 Å². The highest BCUT2D eigenvalue weighted by Crippen LogP contribution is 2.40. The van der Waals surface area contributed by atoms with Crippen LogP contribution >= 0.6 is 12.4 Å². The van der Waals surface area contributed by atoms with Crippen molar-refractivity contribution >= 4 is 12.4 Å². The molecule has 0 saturated heterocycles. The predicted molar refractivity (Wildman–Crippen MR) is 94.1 cm³/mol. The molecule has 0 radical (unpaired) electrons. The van der Waals surface area contributed by atoms with Gasteiger partial charge in [-0.05, 0) is 11.8 Å². The van der Waals surface area contributed by atoms with Crippen molar-refractivity contribution in [3.05, 3.63) is 66.5 Å². The first-order chi connectivity index (χ1) is 10.4. The summed E-state index contributed by atoms with van der Waals surface area (Å²) in [5, 5.41) is 0. The van der Waals surface area contributed by atoms with Crippen molar-refractivity contribution < 1.29 is 17.0 Å². The molecule has 3 aliphatic carbocycles. The number of benzene rings is 1. The fraction of sp³-hybridized carbons (Fsp3) is 0.450. The average Bonchev–Trinajstić information content (AvgIpc) is 2.59. The summed E-state index contributed by atoms with van der Waals surface area (Å²) in [7, 11) is 0. The molecule has 3 aliphatic rings. The standard InChI is InChI=1S/C12H12N.C8H14.2ClH/c1-3-7-12(8-4-1)11-13-9-5-2-6-10-13;1-2-8-5-3-7(1)4-6-8;;/h1-10H,11H2;7-8H,1-6H2;2*1H/q+1;;;/p-1. The average molecular weight is 352 g/mol. The maximum Gasteiger partial charge on any atom is 0.173 e. The maximum atomic E-state index is 2.16. The monoisotopic (exact) mass is 351 g/mol. The van der Waals surface area contributed by atoms with Crippen LogP contribution in [-0.2, 0) is 6.54 Å². The van der Waals surface area contributed by atoms with Crippen LogP contribution in [0.4, 0.5) is 0 Å². The lowest BCUT2D eigenvalue weighted by molar-refractivity contribution is -0.688. The molecule has 23 heavy (non-hydrogen) atoms. The van der Waals surface area contributed by atoms with Crippen LogP contribution in [0.5, 0.6) is 0 Å². The quantitative estimate of drug-likeness (QED) is 0.729. The Bertz CT molecular complexity index is 461. The van der Waals surface area contributed by atoms with Gasteiger partial charge in [0.25, 0.3) is 0 Å². The van der Waals surface area contributed by atoms with Crippen LogP contribution in [0.3, 0.4) is 0 Å². The fourth-order valence-corrected chi connectivity index (χ4v) is 3.61. The van der Waals surface area contributed by atoms with Gasteiger partial charge in [-0.15, -0.1) is 12.4 Å². The van der Waals surface area contributed by atoms with Gasteiger partial charge in [-0.3, -0.25) is 0 Å². The van der Waals surface area contributed by atoms with E-state index in [1.54, 1.807) is 38.5 Å². The SMILES string of the molecule is C1CC2CCC1CC2.Cl.[Cl-].c1ccc(C[n+]2ccccc2)cc1. The van der Waals surface area contributed by atoms with E-state index < -0.39 is 0 Å². The molecule has 1 aromatic carbocycles. The molecule has 0 amide bonds. The highest BCUT2D eigenvalue weighted by atomic mass is 35.5. The zero-order chi connectivity index (χ0) is 14.3. The van der Waals surface area contributed by atoms with Gasteiger partial charge in [0, 0.05) is 17.7 Å². The summed E-state index contributed by atoms with van der Waals surface area (Å²) in [5.74, 6) is 2.31. The van der Waals surface area contributed by atoms with Crippen molar-refractivity contribution in [2.45, 2.75) is 45.1 Å². The first kappa shape index (κ1) is 20.0. The number of pyridine rings is 1.